The molecule has 0 aliphatic rings. The number of rotatable bonds is 10. The summed E-state index contributed by atoms with van der Waals surface area (Å²) in [4.78, 5) is 23.6. The maximum atomic E-state index is 11.8. The monoisotopic (exact) mass is 356 g/mol. The Morgan fingerprint density at radius 3 is 2.23 bits per heavy atom. The summed E-state index contributed by atoms with van der Waals surface area (Å²) in [7, 11) is 1.58. The van der Waals surface area contributed by atoms with Gasteiger partial charge in [-0.15, -0.1) is 0 Å². The van der Waals surface area contributed by atoms with Crippen LogP contribution in [-0.2, 0) is 16.0 Å². The third-order valence-corrected chi connectivity index (χ3v) is 3.63. The van der Waals surface area contributed by atoms with Gasteiger partial charge in [-0.05, 0) is 17.7 Å². The van der Waals surface area contributed by atoms with Crippen LogP contribution in [0.4, 0.5) is 0 Å². The highest BCUT2D eigenvalue weighted by Crippen LogP contribution is 2.25. The first-order valence-electron chi connectivity index (χ1n) is 8.52. The predicted octanol–water partition coefficient (Wildman–Crippen LogP) is 1.94. The van der Waals surface area contributed by atoms with Crippen molar-refractivity contribution in [1.82, 2.24) is 10.6 Å². The summed E-state index contributed by atoms with van der Waals surface area (Å²) in [5.74, 6) is 1.06. The first kappa shape index (κ1) is 19.3. The molecule has 0 fully saturated rings. The van der Waals surface area contributed by atoms with Crippen molar-refractivity contribution in [3.05, 3.63) is 60.2 Å². The van der Waals surface area contributed by atoms with E-state index in [1.54, 1.807) is 7.11 Å². The smallest absolute Gasteiger partial charge is 0.224 e. The van der Waals surface area contributed by atoms with Crippen LogP contribution in [0.25, 0.3) is 0 Å². The van der Waals surface area contributed by atoms with Crippen LogP contribution in [0.5, 0.6) is 11.5 Å². The molecule has 0 radical (unpaired) electrons. The molecule has 0 unspecified atom stereocenters. The molecule has 6 heteroatoms. The molecule has 2 N–H and O–H groups in total. The lowest BCUT2D eigenvalue weighted by Gasteiger charge is -2.11. The third-order valence-electron chi connectivity index (χ3n) is 3.63. The van der Waals surface area contributed by atoms with Crippen LogP contribution in [0.1, 0.15) is 12.0 Å². The molecule has 2 amide bonds. The Labute approximate surface area is 153 Å². The fourth-order valence-electron chi connectivity index (χ4n) is 2.34. The lowest BCUT2D eigenvalue weighted by Crippen LogP contribution is -2.33. The summed E-state index contributed by atoms with van der Waals surface area (Å²) < 4.78 is 10.8. The van der Waals surface area contributed by atoms with E-state index in [0.29, 0.717) is 37.6 Å². The zero-order valence-electron chi connectivity index (χ0n) is 14.9. The fourth-order valence-corrected chi connectivity index (χ4v) is 2.34. The van der Waals surface area contributed by atoms with Crippen LogP contribution in [0.2, 0.25) is 0 Å². The van der Waals surface area contributed by atoms with Crippen molar-refractivity contribution in [3.8, 4) is 11.5 Å². The third kappa shape index (κ3) is 6.84. The molecule has 0 aliphatic heterocycles. The number of methoxy groups -OCH3 is 1. The van der Waals surface area contributed by atoms with E-state index in [-0.39, 0.29) is 18.2 Å². The molecule has 2 rings (SSSR count). The zero-order valence-corrected chi connectivity index (χ0v) is 14.9. The van der Waals surface area contributed by atoms with E-state index < -0.39 is 0 Å². The van der Waals surface area contributed by atoms with Gasteiger partial charge in [0.1, 0.15) is 6.61 Å². The standard InChI is InChI=1S/C20H24N2O4/c1-25-17-9-5-6-10-18(17)26-14-13-22-19(23)11-12-21-20(24)15-16-7-3-2-4-8-16/h2-10H,11-15H2,1H3,(H,21,24)(H,22,23). The topological polar surface area (TPSA) is 76.7 Å². The van der Waals surface area contributed by atoms with Gasteiger partial charge in [0.05, 0.1) is 20.1 Å². The second-order valence-electron chi connectivity index (χ2n) is 5.61. The largest absolute Gasteiger partial charge is 0.493 e. The SMILES string of the molecule is COc1ccccc1OCCNC(=O)CCNC(=O)Cc1ccccc1. The number of amides is 2. The second kappa shape index (κ2) is 10.8. The number of hydrogen-bond donors (Lipinski definition) is 2. The van der Waals surface area contributed by atoms with Crippen LogP contribution in [0.3, 0.4) is 0 Å². The molecule has 138 valence electrons. The molecule has 2 aromatic rings. The van der Waals surface area contributed by atoms with Crippen molar-refractivity contribution in [1.29, 1.82) is 0 Å². The number of carbonyl (C=O) groups is 2. The maximum absolute atomic E-state index is 11.8. The molecule has 0 saturated carbocycles. The van der Waals surface area contributed by atoms with Gasteiger partial charge < -0.3 is 20.1 Å². The van der Waals surface area contributed by atoms with Crippen LogP contribution in [0.15, 0.2) is 54.6 Å². The Morgan fingerprint density at radius 1 is 0.846 bits per heavy atom. The van der Waals surface area contributed by atoms with Crippen LogP contribution in [0, 0.1) is 0 Å². The van der Waals surface area contributed by atoms with Crippen molar-refractivity contribution < 1.29 is 19.1 Å². The number of benzene rings is 2. The Bertz CT molecular complexity index is 704. The Kier molecular flexibility index (Phi) is 7.99. The van der Waals surface area contributed by atoms with Crippen molar-refractivity contribution >= 4 is 11.8 Å². The van der Waals surface area contributed by atoms with Crippen LogP contribution < -0.4 is 20.1 Å². The minimum absolute atomic E-state index is 0.0940. The van der Waals surface area contributed by atoms with E-state index in [1.165, 1.54) is 0 Å². The average molecular weight is 356 g/mol. The summed E-state index contributed by atoms with van der Waals surface area (Å²) in [6, 6.07) is 16.8. The number of nitrogens with one attached hydrogen (secondary N) is 2. The first-order chi connectivity index (χ1) is 12.7. The first-order valence-corrected chi connectivity index (χ1v) is 8.52. The summed E-state index contributed by atoms with van der Waals surface area (Å²) in [5.41, 5.74) is 0.947. The highest BCUT2D eigenvalue weighted by atomic mass is 16.5. The summed E-state index contributed by atoms with van der Waals surface area (Å²) >= 11 is 0. The lowest BCUT2D eigenvalue weighted by atomic mass is 10.1. The van der Waals surface area contributed by atoms with Gasteiger partial charge in [-0.2, -0.15) is 0 Å². The molecule has 0 heterocycles. The fraction of sp³-hybridized carbons (Fsp3) is 0.300. The molecule has 0 saturated heterocycles. The van der Waals surface area contributed by atoms with Gasteiger partial charge in [0.2, 0.25) is 11.8 Å². The molecule has 6 nitrogen and oxygen atoms in total. The average Bonchev–Trinajstić information content (AvgIpc) is 2.66. The Hall–Kier alpha value is -3.02. The predicted molar refractivity (Wildman–Crippen MR) is 99.3 cm³/mol. The van der Waals surface area contributed by atoms with Gasteiger partial charge >= 0.3 is 0 Å². The number of carbonyl (C=O) groups excluding carboxylic acids is 2. The Morgan fingerprint density at radius 2 is 1.50 bits per heavy atom. The highest BCUT2D eigenvalue weighted by molar-refractivity contribution is 5.80. The number of hydrogen-bond acceptors (Lipinski definition) is 4. The zero-order chi connectivity index (χ0) is 18.6. The second-order valence-corrected chi connectivity index (χ2v) is 5.61. The minimum Gasteiger partial charge on any atom is -0.493 e. The summed E-state index contributed by atoms with van der Waals surface area (Å²) in [6.07, 6.45) is 0.546. The molecule has 0 bridgehead atoms. The van der Waals surface area contributed by atoms with Gasteiger partial charge in [-0.25, -0.2) is 0 Å². The Balaban J connectivity index is 1.57. The quantitative estimate of drug-likeness (QED) is 0.638. The van der Waals surface area contributed by atoms with Crippen molar-refractivity contribution in [3.63, 3.8) is 0 Å². The van der Waals surface area contributed by atoms with E-state index in [1.807, 2.05) is 54.6 Å². The van der Waals surface area contributed by atoms with Crippen molar-refractivity contribution in [2.24, 2.45) is 0 Å². The van der Waals surface area contributed by atoms with Gasteiger partial charge in [0.15, 0.2) is 11.5 Å². The van der Waals surface area contributed by atoms with E-state index in [2.05, 4.69) is 10.6 Å². The molecular weight excluding hydrogens is 332 g/mol. The molecule has 26 heavy (non-hydrogen) atoms. The highest BCUT2D eigenvalue weighted by Gasteiger charge is 2.06. The van der Waals surface area contributed by atoms with Crippen LogP contribution >= 0.6 is 0 Å². The van der Waals surface area contributed by atoms with E-state index in [9.17, 15) is 9.59 Å². The van der Waals surface area contributed by atoms with Crippen molar-refractivity contribution in [2.75, 3.05) is 26.8 Å². The number of ether oxygens (including phenoxy) is 2. The summed E-state index contributed by atoms with van der Waals surface area (Å²) in [5, 5.41) is 5.50. The lowest BCUT2D eigenvalue weighted by molar-refractivity contribution is -0.122. The van der Waals surface area contributed by atoms with E-state index in [4.69, 9.17) is 9.47 Å². The van der Waals surface area contributed by atoms with Crippen LogP contribution in [-0.4, -0.2) is 38.6 Å². The molecule has 0 atom stereocenters. The molecule has 0 aliphatic carbocycles. The van der Waals surface area contributed by atoms with E-state index in [0.717, 1.165) is 5.56 Å². The number of para-hydroxylation sites is 2. The summed E-state index contributed by atoms with van der Waals surface area (Å²) in [6.45, 7) is 1.03. The van der Waals surface area contributed by atoms with Gasteiger partial charge in [0, 0.05) is 13.0 Å². The van der Waals surface area contributed by atoms with E-state index >= 15 is 0 Å². The van der Waals surface area contributed by atoms with Gasteiger partial charge in [-0.3, -0.25) is 9.59 Å². The maximum Gasteiger partial charge on any atom is 0.224 e. The van der Waals surface area contributed by atoms with Gasteiger partial charge in [-0.1, -0.05) is 42.5 Å². The molecular formula is C20H24N2O4. The molecule has 0 aromatic heterocycles. The molecule has 2 aromatic carbocycles. The normalized spacial score (nSPS) is 10.0. The molecule has 0 spiro atoms. The minimum atomic E-state index is -0.131. The van der Waals surface area contributed by atoms with Gasteiger partial charge in [0.25, 0.3) is 0 Å². The van der Waals surface area contributed by atoms with Crippen molar-refractivity contribution in [2.45, 2.75) is 12.8 Å².